The first-order valence-corrected chi connectivity index (χ1v) is 6.96. The summed E-state index contributed by atoms with van der Waals surface area (Å²) >= 11 is 1.30. The second-order valence-electron chi connectivity index (χ2n) is 4.37. The lowest BCUT2D eigenvalue weighted by Crippen LogP contribution is -2.48. The van der Waals surface area contributed by atoms with Gasteiger partial charge < -0.3 is 14.9 Å². The molecular weight excluding hydrogens is 264 g/mol. The Bertz CT molecular complexity index is 547. The third-order valence-corrected chi connectivity index (χ3v) is 3.68. The van der Waals surface area contributed by atoms with Gasteiger partial charge in [-0.1, -0.05) is 23.9 Å². The van der Waals surface area contributed by atoms with Crippen molar-refractivity contribution in [3.05, 3.63) is 24.3 Å². The van der Waals surface area contributed by atoms with E-state index in [1.165, 1.54) is 11.8 Å². The summed E-state index contributed by atoms with van der Waals surface area (Å²) in [5.41, 5.74) is 6.38. The number of carbonyl (C=O) groups excluding carboxylic acids is 1. The van der Waals surface area contributed by atoms with E-state index in [0.29, 0.717) is 17.6 Å². The molecule has 2 rings (SSSR count). The van der Waals surface area contributed by atoms with Crippen molar-refractivity contribution in [1.29, 1.82) is 0 Å². The number of hydrogen-bond acceptors (Lipinski definition) is 6. The molecule has 0 amide bonds. The first-order chi connectivity index (χ1) is 9.03. The highest BCUT2D eigenvalue weighted by molar-refractivity contribution is 7.99. The molecule has 6 heteroatoms. The molecule has 0 saturated heterocycles. The lowest BCUT2D eigenvalue weighted by Gasteiger charge is -2.20. The second kappa shape index (κ2) is 5.63. The molecule has 102 valence electrons. The van der Waals surface area contributed by atoms with Crippen molar-refractivity contribution in [2.24, 2.45) is 5.73 Å². The van der Waals surface area contributed by atoms with Gasteiger partial charge >= 0.3 is 5.97 Å². The molecule has 2 N–H and O–H groups in total. The van der Waals surface area contributed by atoms with E-state index < -0.39 is 11.5 Å². The number of hydrogen-bond donors (Lipinski definition) is 1. The minimum absolute atomic E-state index is 0.319. The van der Waals surface area contributed by atoms with Gasteiger partial charge in [-0.2, -0.15) is 0 Å². The fourth-order valence-corrected chi connectivity index (χ4v) is 2.33. The van der Waals surface area contributed by atoms with Gasteiger partial charge in [-0.05, 0) is 26.0 Å². The lowest BCUT2D eigenvalue weighted by molar-refractivity contribution is -0.148. The standard InChI is InChI=1S/C13H16N2O3S/c1-3-17-11(16)13(2,14)8-19-12-15-9-6-4-5-7-10(9)18-12/h4-7H,3,8,14H2,1-2H3. The third kappa shape index (κ3) is 3.27. The number of thioether (sulfide) groups is 1. The fourth-order valence-electron chi connectivity index (χ4n) is 1.48. The maximum atomic E-state index is 11.6. The summed E-state index contributed by atoms with van der Waals surface area (Å²) in [6.07, 6.45) is 0. The molecule has 0 aliphatic rings. The zero-order valence-electron chi connectivity index (χ0n) is 10.9. The fraction of sp³-hybridized carbons (Fsp3) is 0.385. The van der Waals surface area contributed by atoms with Crippen LogP contribution in [0.25, 0.3) is 11.1 Å². The normalized spacial score (nSPS) is 14.3. The molecule has 0 radical (unpaired) electrons. The van der Waals surface area contributed by atoms with Crippen molar-refractivity contribution in [3.63, 3.8) is 0 Å². The number of oxazole rings is 1. The van der Waals surface area contributed by atoms with Crippen LogP contribution >= 0.6 is 11.8 Å². The first-order valence-electron chi connectivity index (χ1n) is 5.97. The highest BCUT2D eigenvalue weighted by Gasteiger charge is 2.30. The van der Waals surface area contributed by atoms with E-state index in [9.17, 15) is 4.79 Å². The number of carbonyl (C=O) groups is 1. The molecule has 0 fully saturated rings. The molecule has 19 heavy (non-hydrogen) atoms. The van der Waals surface area contributed by atoms with Gasteiger partial charge in [-0.25, -0.2) is 4.98 Å². The zero-order chi connectivity index (χ0) is 13.9. The van der Waals surface area contributed by atoms with E-state index in [1.807, 2.05) is 24.3 Å². The SMILES string of the molecule is CCOC(=O)C(C)(N)CSc1nc2ccccc2o1. The van der Waals surface area contributed by atoms with E-state index in [1.54, 1.807) is 13.8 Å². The summed E-state index contributed by atoms with van der Waals surface area (Å²) in [4.78, 5) is 16.0. The maximum Gasteiger partial charge on any atom is 0.326 e. The summed E-state index contributed by atoms with van der Waals surface area (Å²) in [5.74, 6) is -0.0721. The molecule has 0 saturated carbocycles. The van der Waals surface area contributed by atoms with E-state index in [4.69, 9.17) is 14.9 Å². The Kier molecular flexibility index (Phi) is 4.11. The number of nitrogens with zero attached hydrogens (tertiary/aromatic N) is 1. The number of benzene rings is 1. The minimum atomic E-state index is -1.05. The van der Waals surface area contributed by atoms with Gasteiger partial charge in [-0.3, -0.25) is 4.79 Å². The number of nitrogens with two attached hydrogens (primary N) is 1. The molecule has 0 aliphatic heterocycles. The molecule has 2 aromatic rings. The topological polar surface area (TPSA) is 78.4 Å². The summed E-state index contributed by atoms with van der Waals surface area (Å²) < 4.78 is 10.5. The predicted octanol–water partition coefficient (Wildman–Crippen LogP) is 2.20. The molecule has 5 nitrogen and oxygen atoms in total. The molecule has 1 unspecified atom stereocenters. The quantitative estimate of drug-likeness (QED) is 0.668. The van der Waals surface area contributed by atoms with E-state index in [2.05, 4.69) is 4.98 Å². The van der Waals surface area contributed by atoms with Crippen LogP contribution in [0.4, 0.5) is 0 Å². The molecule has 1 atom stereocenters. The van der Waals surface area contributed by atoms with E-state index in [-0.39, 0.29) is 0 Å². The van der Waals surface area contributed by atoms with Crippen LogP contribution in [0, 0.1) is 0 Å². The molecule has 0 aliphatic carbocycles. The van der Waals surface area contributed by atoms with Gasteiger partial charge in [-0.15, -0.1) is 0 Å². The van der Waals surface area contributed by atoms with Crippen LogP contribution in [0.5, 0.6) is 0 Å². The van der Waals surface area contributed by atoms with Crippen molar-refractivity contribution in [3.8, 4) is 0 Å². The van der Waals surface area contributed by atoms with Crippen molar-refractivity contribution < 1.29 is 13.9 Å². The molecule has 1 aromatic heterocycles. The summed E-state index contributed by atoms with van der Waals surface area (Å²) in [7, 11) is 0. The van der Waals surface area contributed by atoms with E-state index >= 15 is 0 Å². The van der Waals surface area contributed by atoms with Gasteiger partial charge in [0.2, 0.25) is 0 Å². The van der Waals surface area contributed by atoms with Crippen molar-refractivity contribution in [2.45, 2.75) is 24.6 Å². The number of fused-ring (bicyclic) bond motifs is 1. The molecule has 1 heterocycles. The van der Waals surface area contributed by atoms with Gasteiger partial charge in [0.15, 0.2) is 5.58 Å². The van der Waals surface area contributed by atoms with E-state index in [0.717, 1.165) is 11.1 Å². The second-order valence-corrected chi connectivity index (χ2v) is 5.30. The maximum absolute atomic E-state index is 11.6. The summed E-state index contributed by atoms with van der Waals surface area (Å²) in [6, 6.07) is 7.49. The van der Waals surface area contributed by atoms with Crippen molar-refractivity contribution >= 4 is 28.8 Å². The summed E-state index contributed by atoms with van der Waals surface area (Å²) in [6.45, 7) is 3.71. The smallest absolute Gasteiger partial charge is 0.326 e. The van der Waals surface area contributed by atoms with Crippen LogP contribution in [-0.2, 0) is 9.53 Å². The Balaban J connectivity index is 2.03. The van der Waals surface area contributed by atoms with Gasteiger partial charge in [0.05, 0.1) is 6.61 Å². The van der Waals surface area contributed by atoms with Crippen molar-refractivity contribution in [1.82, 2.24) is 4.98 Å². The third-order valence-electron chi connectivity index (χ3n) is 2.51. The zero-order valence-corrected chi connectivity index (χ0v) is 11.7. The predicted molar refractivity (Wildman–Crippen MR) is 74.0 cm³/mol. The average molecular weight is 280 g/mol. The van der Waals surface area contributed by atoms with Crippen LogP contribution in [0.2, 0.25) is 0 Å². The van der Waals surface area contributed by atoms with Crippen LogP contribution in [0.1, 0.15) is 13.8 Å². The average Bonchev–Trinajstić information content (AvgIpc) is 2.79. The lowest BCUT2D eigenvalue weighted by atomic mass is 10.1. The van der Waals surface area contributed by atoms with Crippen LogP contribution in [0.3, 0.4) is 0 Å². The minimum Gasteiger partial charge on any atom is -0.465 e. The Morgan fingerprint density at radius 3 is 2.95 bits per heavy atom. The first kappa shape index (κ1) is 13.9. The molecule has 1 aromatic carbocycles. The Morgan fingerprint density at radius 2 is 2.26 bits per heavy atom. The van der Waals surface area contributed by atoms with Gasteiger partial charge in [0, 0.05) is 5.75 Å². The monoisotopic (exact) mass is 280 g/mol. The van der Waals surface area contributed by atoms with Gasteiger partial charge in [0.25, 0.3) is 5.22 Å². The largest absolute Gasteiger partial charge is 0.465 e. The number of esters is 1. The highest BCUT2D eigenvalue weighted by Crippen LogP contribution is 2.25. The molecular formula is C13H16N2O3S. The number of aromatic nitrogens is 1. The highest BCUT2D eigenvalue weighted by atomic mass is 32.2. The van der Waals surface area contributed by atoms with Crippen LogP contribution in [-0.4, -0.2) is 28.9 Å². The van der Waals surface area contributed by atoms with Gasteiger partial charge in [0.1, 0.15) is 11.1 Å². The molecule has 0 spiro atoms. The number of rotatable bonds is 5. The van der Waals surface area contributed by atoms with Crippen LogP contribution in [0.15, 0.2) is 33.9 Å². The van der Waals surface area contributed by atoms with Crippen LogP contribution < -0.4 is 5.73 Å². The molecule has 0 bridgehead atoms. The number of ether oxygens (including phenoxy) is 1. The Morgan fingerprint density at radius 1 is 1.53 bits per heavy atom. The van der Waals surface area contributed by atoms with Crippen molar-refractivity contribution in [2.75, 3.05) is 12.4 Å². The number of para-hydroxylation sites is 2. The summed E-state index contributed by atoms with van der Waals surface area (Å²) in [5, 5.41) is 0.502. The Labute approximate surface area is 115 Å². The Hall–Kier alpha value is -1.53.